The lowest BCUT2D eigenvalue weighted by molar-refractivity contribution is -0.227. The van der Waals surface area contributed by atoms with Crippen LogP contribution >= 0.6 is 0 Å². The molecule has 240 valence electrons. The Bertz CT molecular complexity index is 1400. The number of benzene rings is 3. The highest BCUT2D eigenvalue weighted by Gasteiger charge is 2.75. The van der Waals surface area contributed by atoms with Crippen molar-refractivity contribution in [3.63, 3.8) is 0 Å². The van der Waals surface area contributed by atoms with E-state index in [4.69, 9.17) is 13.9 Å². The van der Waals surface area contributed by atoms with Gasteiger partial charge in [0.2, 0.25) is 0 Å². The normalized spacial score (nSPS) is 31.9. The van der Waals surface area contributed by atoms with Crippen molar-refractivity contribution in [3.8, 4) is 0 Å². The van der Waals surface area contributed by atoms with Gasteiger partial charge in [0, 0.05) is 17.8 Å². The number of carbonyl (C=O) groups excluding carboxylic acids is 1. The molecule has 1 spiro atoms. The first-order valence-corrected chi connectivity index (χ1v) is 19.5. The van der Waals surface area contributed by atoms with Crippen molar-refractivity contribution >= 4 is 14.1 Å². The minimum atomic E-state index is -2.17. The van der Waals surface area contributed by atoms with E-state index in [0.717, 1.165) is 23.1 Å². The van der Waals surface area contributed by atoms with Gasteiger partial charge < -0.3 is 19.0 Å². The zero-order valence-electron chi connectivity index (χ0n) is 28.0. The summed E-state index contributed by atoms with van der Waals surface area (Å²) in [5.41, 5.74) is -1.12. The van der Waals surface area contributed by atoms with E-state index in [0.29, 0.717) is 19.3 Å². The van der Waals surface area contributed by atoms with E-state index in [1.807, 2.05) is 54.6 Å². The van der Waals surface area contributed by atoms with E-state index in [2.05, 4.69) is 77.2 Å². The Morgan fingerprint density at radius 2 is 1.31 bits per heavy atom. The first kappa shape index (κ1) is 32.3. The Labute approximate surface area is 270 Å². The first-order chi connectivity index (χ1) is 21.2. The fourth-order valence-corrected chi connectivity index (χ4v) is 9.78. The maximum Gasteiger partial charge on any atom is 0.196 e. The molecule has 2 aliphatic heterocycles. The van der Waals surface area contributed by atoms with Crippen LogP contribution in [0, 0.1) is 11.3 Å². The molecule has 45 heavy (non-hydrogen) atoms. The molecule has 2 saturated heterocycles. The van der Waals surface area contributed by atoms with Crippen molar-refractivity contribution in [2.75, 3.05) is 6.61 Å². The van der Waals surface area contributed by atoms with E-state index in [-0.39, 0.29) is 35.6 Å². The zero-order chi connectivity index (χ0) is 32.3. The molecule has 0 aromatic heterocycles. The second-order valence-corrected chi connectivity index (χ2v) is 20.4. The molecule has 6 atom stereocenters. The zero-order valence-corrected chi connectivity index (χ0v) is 29.0. The highest BCUT2D eigenvalue weighted by molar-refractivity contribution is 6.74. The topological polar surface area (TPSA) is 65.0 Å². The summed E-state index contributed by atoms with van der Waals surface area (Å²) in [5.74, 6) is -0.477. The van der Waals surface area contributed by atoms with Crippen LogP contribution < -0.4 is 0 Å². The van der Waals surface area contributed by atoms with Crippen molar-refractivity contribution in [1.82, 2.24) is 0 Å². The van der Waals surface area contributed by atoms with E-state index < -0.39 is 30.5 Å². The van der Waals surface area contributed by atoms with Gasteiger partial charge in [0.1, 0.15) is 16.8 Å². The fourth-order valence-electron chi connectivity index (χ4n) is 8.34. The van der Waals surface area contributed by atoms with Crippen LogP contribution in [0.2, 0.25) is 18.1 Å². The maximum absolute atomic E-state index is 14.6. The van der Waals surface area contributed by atoms with Gasteiger partial charge in [0.25, 0.3) is 0 Å². The molecule has 3 aromatic carbocycles. The standard InChI is InChI=1S/C39H50O5Si/c1-35(2,3)45(6,7)44-33-24-23-31(39-34(40)37(5,41)26-32(43-39)25-36(33,39)4)27-42-38(28-17-11-8-12-18-28,29-19-13-9-14-20-29)30-21-15-10-16-22-30/h8-22,31-33,41H,23-27H2,1-7H3/t31-,32-,33+,36-,37-,39-/m1/s1. The number of aliphatic hydroxyl groups is 1. The van der Waals surface area contributed by atoms with Gasteiger partial charge in [0.15, 0.2) is 14.1 Å². The average Bonchev–Trinajstić information content (AvgIpc) is 3.28. The summed E-state index contributed by atoms with van der Waals surface area (Å²) in [6.45, 7) is 15.5. The van der Waals surface area contributed by atoms with Crippen LogP contribution in [0.3, 0.4) is 0 Å². The molecule has 6 rings (SSSR count). The number of Topliss-reactive ketones (excluding diaryl/α,β-unsaturated/α-hetero) is 1. The average molecular weight is 627 g/mol. The van der Waals surface area contributed by atoms with Crippen LogP contribution in [-0.2, 0) is 24.3 Å². The molecular formula is C39H50O5Si. The molecule has 3 aliphatic rings. The molecular weight excluding hydrogens is 577 g/mol. The molecule has 0 radical (unpaired) electrons. The molecule has 6 heteroatoms. The maximum atomic E-state index is 14.6. The molecule has 0 unspecified atom stereocenters. The van der Waals surface area contributed by atoms with Gasteiger partial charge in [-0.05, 0) is 61.0 Å². The lowest BCUT2D eigenvalue weighted by atomic mass is 9.55. The third kappa shape index (κ3) is 5.08. The SMILES string of the molecule is CC(C)(C)[Si](C)(C)O[C@H]1CC[C@H](COC(c2ccccc2)(c2ccccc2)c2ccccc2)[C@@]23O[C@@H](C[C@@](C)(O)C2=O)C[C@]13C. The second-order valence-electron chi connectivity index (χ2n) is 15.6. The molecule has 2 heterocycles. The van der Waals surface area contributed by atoms with Gasteiger partial charge in [-0.1, -0.05) is 119 Å². The van der Waals surface area contributed by atoms with E-state index in [9.17, 15) is 9.90 Å². The Morgan fingerprint density at radius 1 is 0.822 bits per heavy atom. The third-order valence-electron chi connectivity index (χ3n) is 11.7. The predicted octanol–water partition coefficient (Wildman–Crippen LogP) is 8.05. The van der Waals surface area contributed by atoms with Crippen molar-refractivity contribution < 1.29 is 23.8 Å². The van der Waals surface area contributed by atoms with Crippen molar-refractivity contribution in [2.45, 2.75) is 107 Å². The molecule has 0 amide bonds. The first-order valence-electron chi connectivity index (χ1n) is 16.6. The van der Waals surface area contributed by atoms with Gasteiger partial charge >= 0.3 is 0 Å². The molecule has 1 aliphatic carbocycles. The molecule has 1 saturated carbocycles. The summed E-state index contributed by atoms with van der Waals surface area (Å²) in [4.78, 5) is 14.6. The van der Waals surface area contributed by atoms with Crippen LogP contribution in [-0.4, -0.2) is 49.2 Å². The Balaban J connectivity index is 1.45. The number of ketones is 1. The number of hydrogen-bond donors (Lipinski definition) is 1. The summed E-state index contributed by atoms with van der Waals surface area (Å²) in [6, 6.07) is 31.0. The summed E-state index contributed by atoms with van der Waals surface area (Å²) in [6.07, 6.45) is 2.17. The number of rotatable bonds is 8. The summed E-state index contributed by atoms with van der Waals surface area (Å²) >= 11 is 0. The monoisotopic (exact) mass is 626 g/mol. The number of carbonyl (C=O) groups is 1. The van der Waals surface area contributed by atoms with E-state index >= 15 is 0 Å². The smallest absolute Gasteiger partial charge is 0.196 e. The second kappa shape index (κ2) is 11.3. The fraction of sp³-hybridized carbons (Fsp3) is 0.513. The number of fused-ring (bicyclic) bond motifs is 1. The summed E-state index contributed by atoms with van der Waals surface area (Å²) in [7, 11) is -2.17. The molecule has 3 fully saturated rings. The van der Waals surface area contributed by atoms with Gasteiger partial charge in [0.05, 0.1) is 18.8 Å². The Hall–Kier alpha value is -2.61. The molecule has 5 nitrogen and oxygen atoms in total. The van der Waals surface area contributed by atoms with Gasteiger partial charge in [-0.25, -0.2) is 0 Å². The van der Waals surface area contributed by atoms with Crippen LogP contribution in [0.5, 0.6) is 0 Å². The van der Waals surface area contributed by atoms with Crippen LogP contribution in [0.25, 0.3) is 0 Å². The Kier molecular flexibility index (Phi) is 8.10. The van der Waals surface area contributed by atoms with Crippen LogP contribution in [0.4, 0.5) is 0 Å². The van der Waals surface area contributed by atoms with Crippen molar-refractivity contribution in [1.29, 1.82) is 0 Å². The lowest BCUT2D eigenvalue weighted by Crippen LogP contribution is -2.70. The highest BCUT2D eigenvalue weighted by atomic mass is 28.4. The van der Waals surface area contributed by atoms with Crippen LogP contribution in [0.1, 0.15) is 77.0 Å². The van der Waals surface area contributed by atoms with E-state index in [1.54, 1.807) is 6.92 Å². The van der Waals surface area contributed by atoms with Crippen molar-refractivity contribution in [2.24, 2.45) is 11.3 Å². The molecule has 1 N–H and O–H groups in total. The van der Waals surface area contributed by atoms with Gasteiger partial charge in [-0.15, -0.1) is 0 Å². The minimum Gasteiger partial charge on any atom is -0.413 e. The molecule has 2 bridgehead atoms. The minimum absolute atomic E-state index is 0.0289. The number of hydrogen-bond acceptors (Lipinski definition) is 5. The lowest BCUT2D eigenvalue weighted by Gasteiger charge is -2.57. The Morgan fingerprint density at radius 3 is 1.78 bits per heavy atom. The van der Waals surface area contributed by atoms with Crippen molar-refractivity contribution in [3.05, 3.63) is 108 Å². The molecule has 3 aromatic rings. The quantitative estimate of drug-likeness (QED) is 0.202. The van der Waals surface area contributed by atoms with Gasteiger partial charge in [-0.2, -0.15) is 0 Å². The van der Waals surface area contributed by atoms with Gasteiger partial charge in [-0.3, -0.25) is 4.79 Å². The predicted molar refractivity (Wildman–Crippen MR) is 181 cm³/mol. The van der Waals surface area contributed by atoms with E-state index in [1.165, 1.54) is 0 Å². The number of ether oxygens (including phenoxy) is 2. The summed E-state index contributed by atoms with van der Waals surface area (Å²) in [5, 5.41) is 11.6. The largest absolute Gasteiger partial charge is 0.413 e. The third-order valence-corrected chi connectivity index (χ3v) is 16.1. The van der Waals surface area contributed by atoms with Crippen LogP contribution in [0.15, 0.2) is 91.0 Å². The summed E-state index contributed by atoms with van der Waals surface area (Å²) < 4.78 is 21.4. The highest BCUT2D eigenvalue weighted by Crippen LogP contribution is 2.64.